The summed E-state index contributed by atoms with van der Waals surface area (Å²) in [4.78, 5) is 15.3. The second-order valence-corrected chi connectivity index (χ2v) is 3.59. The van der Waals surface area contributed by atoms with Crippen molar-refractivity contribution in [3.05, 3.63) is 53.7 Å². The molecule has 1 heterocycles. The number of pyridine rings is 1. The lowest BCUT2D eigenvalue weighted by Crippen LogP contribution is -2.04. The van der Waals surface area contributed by atoms with E-state index in [9.17, 15) is 4.79 Å². The van der Waals surface area contributed by atoms with Gasteiger partial charge in [0.2, 0.25) is 5.88 Å². The predicted octanol–water partition coefficient (Wildman–Crippen LogP) is 2.53. The monoisotopic (exact) mass is 254 g/mol. The lowest BCUT2D eigenvalue weighted by Gasteiger charge is -2.05. The second-order valence-electron chi connectivity index (χ2n) is 3.59. The highest BCUT2D eigenvalue weighted by atomic mass is 16.5. The van der Waals surface area contributed by atoms with Gasteiger partial charge in [-0.05, 0) is 30.3 Å². The maximum atomic E-state index is 11.3. The van der Waals surface area contributed by atoms with E-state index in [0.717, 1.165) is 0 Å². The number of hydrogen-bond acceptors (Lipinski definition) is 5. The van der Waals surface area contributed by atoms with Gasteiger partial charge in [-0.1, -0.05) is 6.07 Å². The molecule has 94 valence electrons. The van der Waals surface area contributed by atoms with Crippen LogP contribution in [0.4, 0.5) is 0 Å². The van der Waals surface area contributed by atoms with E-state index in [1.54, 1.807) is 36.4 Å². The van der Waals surface area contributed by atoms with E-state index in [0.29, 0.717) is 11.3 Å². The van der Waals surface area contributed by atoms with Crippen molar-refractivity contribution in [3.8, 4) is 17.7 Å². The molecule has 0 bridgehead atoms. The minimum absolute atomic E-state index is 0.175. The summed E-state index contributed by atoms with van der Waals surface area (Å²) in [5.41, 5.74) is 0.720. The first-order chi connectivity index (χ1) is 9.22. The fraction of sp³-hybridized carbons (Fsp3) is 0.0714. The lowest BCUT2D eigenvalue weighted by atomic mass is 10.2. The molecule has 19 heavy (non-hydrogen) atoms. The minimum Gasteiger partial charge on any atom is -0.464 e. The molecule has 2 rings (SSSR count). The zero-order chi connectivity index (χ0) is 13.7. The van der Waals surface area contributed by atoms with Crippen molar-refractivity contribution in [2.24, 2.45) is 0 Å². The second kappa shape index (κ2) is 5.65. The number of ether oxygens (including phenoxy) is 2. The van der Waals surface area contributed by atoms with Gasteiger partial charge in [0.05, 0.1) is 18.7 Å². The highest BCUT2D eigenvalue weighted by molar-refractivity contribution is 5.87. The molecule has 0 amide bonds. The van der Waals surface area contributed by atoms with Crippen molar-refractivity contribution in [1.29, 1.82) is 5.26 Å². The third kappa shape index (κ3) is 3.07. The molecule has 0 aliphatic heterocycles. The number of aromatic nitrogens is 1. The van der Waals surface area contributed by atoms with Crippen molar-refractivity contribution in [2.45, 2.75) is 0 Å². The first kappa shape index (κ1) is 12.6. The number of rotatable bonds is 3. The maximum Gasteiger partial charge on any atom is 0.356 e. The first-order valence-corrected chi connectivity index (χ1v) is 5.46. The number of carbonyl (C=O) groups excluding carboxylic acids is 1. The van der Waals surface area contributed by atoms with Crippen LogP contribution >= 0.6 is 0 Å². The highest BCUT2D eigenvalue weighted by Crippen LogP contribution is 2.20. The first-order valence-electron chi connectivity index (χ1n) is 5.46. The van der Waals surface area contributed by atoms with Crippen LogP contribution in [0.25, 0.3) is 0 Å². The van der Waals surface area contributed by atoms with Gasteiger partial charge < -0.3 is 9.47 Å². The average Bonchev–Trinajstić information content (AvgIpc) is 2.47. The van der Waals surface area contributed by atoms with Crippen LogP contribution in [-0.4, -0.2) is 18.1 Å². The van der Waals surface area contributed by atoms with E-state index >= 15 is 0 Å². The Hall–Kier alpha value is -2.87. The van der Waals surface area contributed by atoms with Gasteiger partial charge >= 0.3 is 5.97 Å². The minimum atomic E-state index is -0.523. The van der Waals surface area contributed by atoms with E-state index < -0.39 is 5.97 Å². The molecule has 5 heteroatoms. The van der Waals surface area contributed by atoms with Gasteiger partial charge in [-0.15, -0.1) is 0 Å². The number of nitrogens with zero attached hydrogens (tertiary/aromatic N) is 2. The zero-order valence-electron chi connectivity index (χ0n) is 10.2. The Labute approximate surface area is 110 Å². The normalized spacial score (nSPS) is 9.47. The molecule has 0 radical (unpaired) electrons. The van der Waals surface area contributed by atoms with Gasteiger partial charge in [0.1, 0.15) is 5.75 Å². The van der Waals surface area contributed by atoms with E-state index in [1.165, 1.54) is 13.2 Å². The Morgan fingerprint density at radius 3 is 2.58 bits per heavy atom. The van der Waals surface area contributed by atoms with E-state index in [4.69, 9.17) is 10.00 Å². The molecule has 0 unspecified atom stereocenters. The van der Waals surface area contributed by atoms with Crippen molar-refractivity contribution >= 4 is 5.97 Å². The maximum absolute atomic E-state index is 11.3. The molecule has 0 spiro atoms. The third-order valence-electron chi connectivity index (χ3n) is 2.32. The van der Waals surface area contributed by atoms with Gasteiger partial charge in [-0.25, -0.2) is 9.78 Å². The molecule has 0 aliphatic carbocycles. The van der Waals surface area contributed by atoms with Crippen LogP contribution in [-0.2, 0) is 4.74 Å². The highest BCUT2D eigenvalue weighted by Gasteiger charge is 2.08. The molecule has 0 saturated heterocycles. The Morgan fingerprint density at radius 1 is 1.21 bits per heavy atom. The Kier molecular flexibility index (Phi) is 3.74. The van der Waals surface area contributed by atoms with Crippen LogP contribution < -0.4 is 4.74 Å². The SMILES string of the molecule is COC(=O)c1cccc(Oc2ccc(C#N)cc2)n1. The molecule has 0 atom stereocenters. The quantitative estimate of drug-likeness (QED) is 0.787. The summed E-state index contributed by atoms with van der Waals surface area (Å²) in [6.45, 7) is 0. The number of nitriles is 1. The van der Waals surface area contributed by atoms with Crippen molar-refractivity contribution < 1.29 is 14.3 Å². The number of esters is 1. The summed E-state index contributed by atoms with van der Waals surface area (Å²) in [6.07, 6.45) is 0. The van der Waals surface area contributed by atoms with E-state index in [1.807, 2.05) is 6.07 Å². The van der Waals surface area contributed by atoms with Gasteiger partial charge in [0.15, 0.2) is 5.69 Å². The third-order valence-corrected chi connectivity index (χ3v) is 2.32. The number of methoxy groups -OCH3 is 1. The molecule has 1 aromatic heterocycles. The van der Waals surface area contributed by atoms with Gasteiger partial charge in [0.25, 0.3) is 0 Å². The predicted molar refractivity (Wildman–Crippen MR) is 66.8 cm³/mol. The van der Waals surface area contributed by atoms with Crippen LogP contribution in [0.5, 0.6) is 11.6 Å². The van der Waals surface area contributed by atoms with Crippen LogP contribution in [0.15, 0.2) is 42.5 Å². The van der Waals surface area contributed by atoms with E-state index in [2.05, 4.69) is 9.72 Å². The number of hydrogen-bond donors (Lipinski definition) is 0. The topological polar surface area (TPSA) is 72.2 Å². The van der Waals surface area contributed by atoms with Crippen molar-refractivity contribution in [2.75, 3.05) is 7.11 Å². The summed E-state index contributed by atoms with van der Waals surface area (Å²) in [5.74, 6) is 0.298. The van der Waals surface area contributed by atoms with Gasteiger partial charge in [-0.2, -0.15) is 5.26 Å². The fourth-order valence-electron chi connectivity index (χ4n) is 1.41. The van der Waals surface area contributed by atoms with Crippen LogP contribution in [0.3, 0.4) is 0 Å². The molecule has 0 saturated carbocycles. The zero-order valence-corrected chi connectivity index (χ0v) is 10.2. The van der Waals surface area contributed by atoms with Crippen molar-refractivity contribution in [3.63, 3.8) is 0 Å². The molecule has 5 nitrogen and oxygen atoms in total. The van der Waals surface area contributed by atoms with Crippen LogP contribution in [0.1, 0.15) is 16.1 Å². The Morgan fingerprint density at radius 2 is 1.95 bits per heavy atom. The molecule has 2 aromatic rings. The largest absolute Gasteiger partial charge is 0.464 e. The number of benzene rings is 1. The summed E-state index contributed by atoms with van der Waals surface area (Å²) in [6, 6.07) is 13.4. The molecule has 0 aliphatic rings. The molecule has 1 aromatic carbocycles. The standard InChI is InChI=1S/C14H10N2O3/c1-18-14(17)12-3-2-4-13(16-12)19-11-7-5-10(9-15)6-8-11/h2-8H,1H3. The average molecular weight is 254 g/mol. The molecule has 0 fully saturated rings. The van der Waals surface area contributed by atoms with Crippen molar-refractivity contribution in [1.82, 2.24) is 4.98 Å². The fourth-order valence-corrected chi connectivity index (χ4v) is 1.41. The molecular formula is C14H10N2O3. The number of carbonyl (C=O) groups is 1. The van der Waals surface area contributed by atoms with Crippen LogP contribution in [0.2, 0.25) is 0 Å². The smallest absolute Gasteiger partial charge is 0.356 e. The lowest BCUT2D eigenvalue weighted by molar-refractivity contribution is 0.0593. The van der Waals surface area contributed by atoms with Crippen LogP contribution in [0, 0.1) is 11.3 Å². The van der Waals surface area contributed by atoms with Gasteiger partial charge in [0, 0.05) is 6.07 Å². The summed E-state index contributed by atoms with van der Waals surface area (Å²) >= 11 is 0. The van der Waals surface area contributed by atoms with Gasteiger partial charge in [-0.3, -0.25) is 0 Å². The molecule has 0 N–H and O–H groups in total. The Balaban J connectivity index is 2.18. The summed E-state index contributed by atoms with van der Waals surface area (Å²) in [7, 11) is 1.29. The Bertz CT molecular complexity index is 630. The van der Waals surface area contributed by atoms with E-state index in [-0.39, 0.29) is 11.6 Å². The molecular weight excluding hydrogens is 244 g/mol. The summed E-state index contributed by atoms with van der Waals surface area (Å²) in [5, 5.41) is 8.69. The summed E-state index contributed by atoms with van der Waals surface area (Å²) < 4.78 is 10.1.